The Kier molecular flexibility index (Phi) is 7.15. The molecule has 1 N–H and O–H groups in total. The molecule has 1 heterocycles. The van der Waals surface area contributed by atoms with Crippen LogP contribution in [0.25, 0.3) is 0 Å². The molecule has 0 saturated carbocycles. The molecule has 0 atom stereocenters. The van der Waals surface area contributed by atoms with Crippen molar-refractivity contribution in [3.05, 3.63) is 47.5 Å². The number of amides is 1. The van der Waals surface area contributed by atoms with Crippen LogP contribution in [0.1, 0.15) is 30.4 Å². The zero-order chi connectivity index (χ0) is 22.4. The van der Waals surface area contributed by atoms with Gasteiger partial charge in [-0.2, -0.15) is 9.57 Å². The fraction of sp³-hybridized carbons (Fsp3) is 0.364. The first-order chi connectivity index (χ1) is 14.8. The van der Waals surface area contributed by atoms with Gasteiger partial charge in [-0.15, -0.1) is 0 Å². The summed E-state index contributed by atoms with van der Waals surface area (Å²) in [5.41, 5.74) is 1.57. The Morgan fingerprint density at radius 1 is 1.13 bits per heavy atom. The van der Waals surface area contributed by atoms with Gasteiger partial charge in [0.1, 0.15) is 0 Å². The molecule has 0 aromatic heterocycles. The molecule has 31 heavy (non-hydrogen) atoms. The molecule has 1 aliphatic rings. The Morgan fingerprint density at radius 2 is 1.87 bits per heavy atom. The van der Waals surface area contributed by atoms with E-state index in [4.69, 9.17) is 14.7 Å². The van der Waals surface area contributed by atoms with Gasteiger partial charge in [0, 0.05) is 24.8 Å². The largest absolute Gasteiger partial charge is 0.493 e. The minimum Gasteiger partial charge on any atom is -0.493 e. The first kappa shape index (κ1) is 22.6. The number of hydrogen-bond donors (Lipinski definition) is 1. The van der Waals surface area contributed by atoms with E-state index < -0.39 is 15.9 Å². The first-order valence-electron chi connectivity index (χ1n) is 9.97. The molecular weight excluding hydrogens is 418 g/mol. The van der Waals surface area contributed by atoms with Crippen LogP contribution in [0.4, 0.5) is 5.69 Å². The molecule has 0 aliphatic carbocycles. The van der Waals surface area contributed by atoms with Crippen molar-refractivity contribution in [1.82, 2.24) is 4.31 Å². The number of carbonyl (C=O) groups is 1. The maximum atomic E-state index is 12.9. The molecule has 0 unspecified atom stereocenters. The third-order valence-electron chi connectivity index (χ3n) is 5.09. The van der Waals surface area contributed by atoms with Gasteiger partial charge < -0.3 is 14.8 Å². The lowest BCUT2D eigenvalue weighted by Gasteiger charge is -2.26. The van der Waals surface area contributed by atoms with Crippen molar-refractivity contribution in [3.63, 3.8) is 0 Å². The monoisotopic (exact) mass is 443 g/mol. The summed E-state index contributed by atoms with van der Waals surface area (Å²) >= 11 is 0. The number of aryl methyl sites for hydroxylation is 1. The average molecular weight is 444 g/mol. The molecule has 1 aliphatic heterocycles. The zero-order valence-corrected chi connectivity index (χ0v) is 18.4. The Labute approximate surface area is 182 Å². The standard InChI is InChI=1S/C22H25N3O5S/c1-16-6-8-18(31(27,28)25-10-4-3-5-11-25)13-19(16)24-22(26)15-30-20-9-7-17(14-23)12-21(20)29-2/h6-9,12-13H,3-5,10-11,15H2,1-2H3,(H,24,26). The number of piperidine rings is 1. The molecule has 1 fully saturated rings. The number of rotatable bonds is 7. The molecule has 0 spiro atoms. The molecule has 3 rings (SSSR count). The number of nitrogens with one attached hydrogen (secondary N) is 1. The number of nitrogens with zero attached hydrogens (tertiary/aromatic N) is 2. The van der Waals surface area contributed by atoms with E-state index in [9.17, 15) is 13.2 Å². The fourth-order valence-electron chi connectivity index (χ4n) is 3.34. The maximum Gasteiger partial charge on any atom is 0.262 e. The highest BCUT2D eigenvalue weighted by atomic mass is 32.2. The highest BCUT2D eigenvalue weighted by Gasteiger charge is 2.26. The number of sulfonamides is 1. The van der Waals surface area contributed by atoms with E-state index in [2.05, 4.69) is 5.32 Å². The van der Waals surface area contributed by atoms with E-state index in [1.54, 1.807) is 31.2 Å². The lowest BCUT2D eigenvalue weighted by molar-refractivity contribution is -0.118. The molecule has 1 amide bonds. The summed E-state index contributed by atoms with van der Waals surface area (Å²) in [4.78, 5) is 12.6. The highest BCUT2D eigenvalue weighted by Crippen LogP contribution is 2.28. The van der Waals surface area contributed by atoms with Gasteiger partial charge in [-0.3, -0.25) is 4.79 Å². The minimum atomic E-state index is -3.60. The van der Waals surface area contributed by atoms with Gasteiger partial charge in [0.05, 0.1) is 23.6 Å². The van der Waals surface area contributed by atoms with Crippen LogP contribution in [0.2, 0.25) is 0 Å². The topological polar surface area (TPSA) is 109 Å². The second-order valence-corrected chi connectivity index (χ2v) is 9.19. The zero-order valence-electron chi connectivity index (χ0n) is 17.6. The van der Waals surface area contributed by atoms with E-state index in [1.165, 1.54) is 23.5 Å². The summed E-state index contributed by atoms with van der Waals surface area (Å²) in [6, 6.07) is 11.4. The number of benzene rings is 2. The Balaban J connectivity index is 1.70. The van der Waals surface area contributed by atoms with Gasteiger partial charge >= 0.3 is 0 Å². The van der Waals surface area contributed by atoms with E-state index in [0.29, 0.717) is 35.8 Å². The average Bonchev–Trinajstić information content (AvgIpc) is 2.79. The van der Waals surface area contributed by atoms with Gasteiger partial charge in [0.25, 0.3) is 5.91 Å². The normalized spacial score (nSPS) is 14.5. The van der Waals surface area contributed by atoms with Crippen LogP contribution in [0.15, 0.2) is 41.3 Å². The maximum absolute atomic E-state index is 12.9. The van der Waals surface area contributed by atoms with Crippen molar-refractivity contribution >= 4 is 21.6 Å². The van der Waals surface area contributed by atoms with Crippen LogP contribution >= 0.6 is 0 Å². The molecular formula is C22H25N3O5S. The van der Waals surface area contributed by atoms with Crippen molar-refractivity contribution in [2.45, 2.75) is 31.1 Å². The predicted octanol–water partition coefficient (Wildman–Crippen LogP) is 3.07. The Morgan fingerprint density at radius 3 is 2.55 bits per heavy atom. The molecule has 0 bridgehead atoms. The SMILES string of the molecule is COc1cc(C#N)ccc1OCC(=O)Nc1cc(S(=O)(=O)N2CCCCC2)ccc1C. The van der Waals surface area contributed by atoms with Crippen LogP contribution in [-0.4, -0.2) is 45.4 Å². The second kappa shape index (κ2) is 9.81. The quantitative estimate of drug-likeness (QED) is 0.704. The van der Waals surface area contributed by atoms with Crippen LogP contribution in [0.5, 0.6) is 11.5 Å². The number of anilines is 1. The van der Waals surface area contributed by atoms with E-state index >= 15 is 0 Å². The summed E-state index contributed by atoms with van der Waals surface area (Å²) in [6.07, 6.45) is 2.74. The van der Waals surface area contributed by atoms with E-state index in [0.717, 1.165) is 24.8 Å². The summed E-state index contributed by atoms with van der Waals surface area (Å²) in [5.74, 6) is 0.231. The molecule has 2 aromatic carbocycles. The van der Waals surface area contributed by atoms with Gasteiger partial charge in [0.15, 0.2) is 18.1 Å². The fourth-order valence-corrected chi connectivity index (χ4v) is 4.88. The third kappa shape index (κ3) is 5.34. The molecule has 9 heteroatoms. The predicted molar refractivity (Wildman–Crippen MR) is 116 cm³/mol. The molecule has 0 radical (unpaired) electrons. The number of methoxy groups -OCH3 is 1. The number of nitriles is 1. The van der Waals surface area contributed by atoms with Gasteiger partial charge in [-0.1, -0.05) is 12.5 Å². The Bertz CT molecular complexity index is 1100. The molecule has 164 valence electrons. The van der Waals surface area contributed by atoms with Crippen molar-refractivity contribution in [2.24, 2.45) is 0 Å². The molecule has 2 aromatic rings. The van der Waals surface area contributed by atoms with E-state index in [-0.39, 0.29) is 11.5 Å². The van der Waals surface area contributed by atoms with E-state index in [1.807, 2.05) is 6.07 Å². The lowest BCUT2D eigenvalue weighted by Crippen LogP contribution is -2.35. The Hall–Kier alpha value is -3.09. The van der Waals surface area contributed by atoms with Crippen molar-refractivity contribution in [2.75, 3.05) is 32.1 Å². The summed E-state index contributed by atoms with van der Waals surface area (Å²) < 4.78 is 38.0. The van der Waals surface area contributed by atoms with Crippen LogP contribution in [-0.2, 0) is 14.8 Å². The number of hydrogen-bond acceptors (Lipinski definition) is 6. The highest BCUT2D eigenvalue weighted by molar-refractivity contribution is 7.89. The van der Waals surface area contributed by atoms with Gasteiger partial charge in [-0.05, 0) is 49.6 Å². The summed E-state index contributed by atoms with van der Waals surface area (Å²) in [7, 11) is -2.15. The van der Waals surface area contributed by atoms with Crippen LogP contribution in [0.3, 0.4) is 0 Å². The lowest BCUT2D eigenvalue weighted by atomic mass is 10.2. The summed E-state index contributed by atoms with van der Waals surface area (Å²) in [5, 5.41) is 11.7. The van der Waals surface area contributed by atoms with Crippen LogP contribution in [0, 0.1) is 18.3 Å². The van der Waals surface area contributed by atoms with Crippen molar-refractivity contribution in [3.8, 4) is 17.6 Å². The minimum absolute atomic E-state index is 0.157. The smallest absolute Gasteiger partial charge is 0.262 e. The van der Waals surface area contributed by atoms with Crippen LogP contribution < -0.4 is 14.8 Å². The van der Waals surface area contributed by atoms with Gasteiger partial charge in [0.2, 0.25) is 10.0 Å². The molecule has 1 saturated heterocycles. The number of ether oxygens (including phenoxy) is 2. The van der Waals surface area contributed by atoms with Gasteiger partial charge in [-0.25, -0.2) is 8.42 Å². The third-order valence-corrected chi connectivity index (χ3v) is 6.98. The van der Waals surface area contributed by atoms with Crippen molar-refractivity contribution in [1.29, 1.82) is 5.26 Å². The summed E-state index contributed by atoms with van der Waals surface area (Å²) in [6.45, 7) is 2.51. The molecule has 8 nitrogen and oxygen atoms in total. The first-order valence-corrected chi connectivity index (χ1v) is 11.4. The number of carbonyl (C=O) groups excluding carboxylic acids is 1. The van der Waals surface area contributed by atoms with Crippen molar-refractivity contribution < 1.29 is 22.7 Å². The second-order valence-electron chi connectivity index (χ2n) is 7.26.